The smallest absolute Gasteiger partial charge is 0.351 e. The third-order valence-corrected chi connectivity index (χ3v) is 6.22. The molecule has 7 nitrogen and oxygen atoms in total. The molecule has 0 atom stereocenters. The second-order valence-electron chi connectivity index (χ2n) is 7.67. The first kappa shape index (κ1) is 25.0. The monoisotopic (exact) mass is 519 g/mol. The second kappa shape index (κ2) is 11.1. The van der Waals surface area contributed by atoms with Gasteiger partial charge in [-0.15, -0.1) is 0 Å². The molecular formula is C27H21NO6S2. The zero-order valence-electron chi connectivity index (χ0n) is 19.3. The summed E-state index contributed by atoms with van der Waals surface area (Å²) < 4.78 is 16.7. The molecule has 9 heteroatoms. The number of hydrogen-bond donors (Lipinski definition) is 1. The Morgan fingerprint density at radius 1 is 0.806 bits per heavy atom. The van der Waals surface area contributed by atoms with E-state index in [0.29, 0.717) is 15.2 Å². The molecule has 1 N–H and O–H groups in total. The Bertz CT molecular complexity index is 1420. The Morgan fingerprint density at radius 3 is 1.92 bits per heavy atom. The summed E-state index contributed by atoms with van der Waals surface area (Å²) in [5, 5.41) is 0. The molecule has 36 heavy (non-hydrogen) atoms. The molecule has 0 spiro atoms. The van der Waals surface area contributed by atoms with Gasteiger partial charge in [0.15, 0.2) is 21.6 Å². The van der Waals surface area contributed by atoms with Gasteiger partial charge in [-0.3, -0.25) is 9.59 Å². The minimum absolute atomic E-state index is 0.0338. The fourth-order valence-corrected chi connectivity index (χ4v) is 4.65. The van der Waals surface area contributed by atoms with Gasteiger partial charge in [0.05, 0.1) is 5.69 Å². The van der Waals surface area contributed by atoms with Crippen molar-refractivity contribution in [1.82, 2.24) is 4.98 Å². The van der Waals surface area contributed by atoms with Crippen molar-refractivity contribution in [1.29, 1.82) is 0 Å². The van der Waals surface area contributed by atoms with Gasteiger partial charge in [-0.2, -0.15) is 0 Å². The lowest BCUT2D eigenvalue weighted by atomic mass is 10.0. The number of carbonyl (C=O) groups excluding carboxylic acids is 3. The summed E-state index contributed by atoms with van der Waals surface area (Å²) >= 11 is 6.40. The van der Waals surface area contributed by atoms with E-state index in [2.05, 4.69) is 4.98 Å². The molecule has 3 aromatic carbocycles. The third-order valence-electron chi connectivity index (χ3n) is 5.00. The summed E-state index contributed by atoms with van der Waals surface area (Å²) in [7, 11) is 0. The molecule has 1 heterocycles. The van der Waals surface area contributed by atoms with Crippen LogP contribution >= 0.6 is 23.6 Å². The molecule has 0 aliphatic carbocycles. The lowest BCUT2D eigenvalue weighted by molar-refractivity contribution is -0.134. The highest BCUT2D eigenvalue weighted by Crippen LogP contribution is 2.36. The van der Waals surface area contributed by atoms with E-state index in [1.54, 1.807) is 6.07 Å². The van der Waals surface area contributed by atoms with Gasteiger partial charge in [0.2, 0.25) is 0 Å². The van der Waals surface area contributed by atoms with Crippen molar-refractivity contribution in [3.05, 3.63) is 98.8 Å². The molecule has 0 amide bonds. The molecule has 0 saturated heterocycles. The zero-order valence-corrected chi connectivity index (χ0v) is 21.0. The topological polar surface area (TPSA) is 94.7 Å². The number of aromatic nitrogens is 1. The Morgan fingerprint density at radius 2 is 1.36 bits per heavy atom. The van der Waals surface area contributed by atoms with Crippen LogP contribution in [0.3, 0.4) is 0 Å². The fourth-order valence-electron chi connectivity index (χ4n) is 3.56. The lowest BCUT2D eigenvalue weighted by Crippen LogP contribution is -2.13. The molecule has 0 radical (unpaired) electrons. The van der Waals surface area contributed by atoms with Gasteiger partial charge >= 0.3 is 17.9 Å². The van der Waals surface area contributed by atoms with Crippen LogP contribution in [0.5, 0.6) is 11.5 Å². The van der Waals surface area contributed by atoms with E-state index in [4.69, 9.17) is 26.4 Å². The van der Waals surface area contributed by atoms with Gasteiger partial charge in [-0.25, -0.2) is 4.79 Å². The highest BCUT2D eigenvalue weighted by molar-refractivity contribution is 7.73. The van der Waals surface area contributed by atoms with E-state index >= 15 is 0 Å². The number of ether oxygens (including phenoxy) is 3. The molecule has 182 valence electrons. The van der Waals surface area contributed by atoms with Crippen LogP contribution in [-0.4, -0.2) is 22.9 Å². The molecule has 4 aromatic rings. The van der Waals surface area contributed by atoms with Crippen LogP contribution in [0.1, 0.15) is 40.8 Å². The molecule has 0 aliphatic heterocycles. The van der Waals surface area contributed by atoms with Gasteiger partial charge in [-0.1, -0.05) is 72.0 Å². The molecule has 0 unspecified atom stereocenters. The van der Waals surface area contributed by atoms with Crippen LogP contribution in [0, 0.1) is 3.95 Å². The normalized spacial score (nSPS) is 10.6. The van der Waals surface area contributed by atoms with Crippen molar-refractivity contribution in [2.24, 2.45) is 0 Å². The first-order chi connectivity index (χ1) is 17.3. The fraction of sp³-hybridized carbons (Fsp3) is 0.111. The minimum atomic E-state index is -0.633. The van der Waals surface area contributed by atoms with Crippen molar-refractivity contribution < 1.29 is 28.6 Å². The number of benzene rings is 3. The second-order valence-corrected chi connectivity index (χ2v) is 9.36. The van der Waals surface area contributed by atoms with Gasteiger partial charge in [-0.05, 0) is 41.5 Å². The first-order valence-corrected chi connectivity index (χ1v) is 12.1. The summed E-state index contributed by atoms with van der Waals surface area (Å²) in [4.78, 5) is 39.8. The highest BCUT2D eigenvalue weighted by Gasteiger charge is 2.25. The number of esters is 3. The van der Waals surface area contributed by atoms with Crippen molar-refractivity contribution in [3.63, 3.8) is 0 Å². The van der Waals surface area contributed by atoms with Crippen LogP contribution in [0.2, 0.25) is 0 Å². The van der Waals surface area contributed by atoms with Gasteiger partial charge in [0.25, 0.3) is 0 Å². The molecule has 0 aliphatic rings. The van der Waals surface area contributed by atoms with Crippen molar-refractivity contribution in [2.45, 2.75) is 20.0 Å². The largest absolute Gasteiger partial charge is 0.448 e. The molecule has 0 bridgehead atoms. The Balaban J connectivity index is 1.72. The Kier molecular flexibility index (Phi) is 7.72. The number of rotatable bonds is 7. The van der Waals surface area contributed by atoms with Crippen LogP contribution in [0.4, 0.5) is 0 Å². The average molecular weight is 520 g/mol. The summed E-state index contributed by atoms with van der Waals surface area (Å²) in [6, 6.07) is 23.5. The number of nitrogens with one attached hydrogen (secondary N) is 1. The number of hydrogen-bond acceptors (Lipinski definition) is 8. The van der Waals surface area contributed by atoms with Crippen LogP contribution in [0.25, 0.3) is 11.3 Å². The van der Waals surface area contributed by atoms with E-state index in [-0.39, 0.29) is 16.4 Å². The Labute approximate surface area is 216 Å². The highest BCUT2D eigenvalue weighted by atomic mass is 32.1. The van der Waals surface area contributed by atoms with Crippen molar-refractivity contribution >= 4 is 41.5 Å². The maximum absolute atomic E-state index is 13.5. The number of thiazole rings is 1. The van der Waals surface area contributed by atoms with Crippen LogP contribution < -0.4 is 9.47 Å². The standard InChI is InChI=1S/C27H21NO6S2/c1-16(29)32-21-14-13-20(15-22(21)33-17(2)30)23-25(36-27(35)28-23)26(31)34-24(18-9-5-3-6-10-18)19-11-7-4-8-12-19/h3-15,24H,1-2H3,(H,28,35). The summed E-state index contributed by atoms with van der Waals surface area (Å²) in [6.07, 6.45) is -0.633. The van der Waals surface area contributed by atoms with E-state index in [1.165, 1.54) is 26.0 Å². The van der Waals surface area contributed by atoms with E-state index in [1.807, 2.05) is 60.7 Å². The van der Waals surface area contributed by atoms with Crippen LogP contribution in [0.15, 0.2) is 78.9 Å². The maximum atomic E-state index is 13.5. The quantitative estimate of drug-likeness (QED) is 0.175. The van der Waals surface area contributed by atoms with E-state index in [9.17, 15) is 14.4 Å². The van der Waals surface area contributed by atoms with Gasteiger partial charge in [0, 0.05) is 19.4 Å². The average Bonchev–Trinajstić information content (AvgIpc) is 3.26. The SMILES string of the molecule is CC(=O)Oc1ccc(-c2[nH]c(=S)sc2C(=O)OC(c2ccccc2)c2ccccc2)cc1OC(C)=O. The molecule has 1 aromatic heterocycles. The van der Waals surface area contributed by atoms with E-state index in [0.717, 1.165) is 22.5 Å². The summed E-state index contributed by atoms with van der Waals surface area (Å²) in [5.41, 5.74) is 2.54. The predicted octanol–water partition coefficient (Wildman–Crippen LogP) is 6.27. The molecule has 4 rings (SSSR count). The predicted molar refractivity (Wildman–Crippen MR) is 138 cm³/mol. The summed E-state index contributed by atoms with van der Waals surface area (Å²) in [6.45, 7) is 2.48. The third kappa shape index (κ3) is 5.94. The lowest BCUT2D eigenvalue weighted by Gasteiger charge is -2.19. The van der Waals surface area contributed by atoms with Gasteiger partial charge < -0.3 is 19.2 Å². The number of carbonyl (C=O) groups is 3. The number of H-pyrrole nitrogens is 1. The van der Waals surface area contributed by atoms with Crippen molar-refractivity contribution in [3.8, 4) is 22.8 Å². The molecule has 0 saturated carbocycles. The minimum Gasteiger partial charge on any atom is -0.448 e. The van der Waals surface area contributed by atoms with Gasteiger partial charge in [0.1, 0.15) is 4.88 Å². The number of aromatic amines is 1. The van der Waals surface area contributed by atoms with E-state index < -0.39 is 24.0 Å². The molecule has 0 fully saturated rings. The van der Waals surface area contributed by atoms with Crippen molar-refractivity contribution in [2.75, 3.05) is 0 Å². The zero-order chi connectivity index (χ0) is 25.7. The first-order valence-electron chi connectivity index (χ1n) is 10.9. The maximum Gasteiger partial charge on any atom is 0.351 e. The summed E-state index contributed by atoms with van der Waals surface area (Å²) in [5.74, 6) is -1.62. The molecular weight excluding hydrogens is 498 g/mol. The van der Waals surface area contributed by atoms with Crippen LogP contribution in [-0.2, 0) is 14.3 Å². The Hall–Kier alpha value is -4.08.